The van der Waals surface area contributed by atoms with Crippen molar-refractivity contribution >= 4 is 5.82 Å². The number of nitrogens with zero attached hydrogens (tertiary/aromatic N) is 2. The lowest BCUT2D eigenvalue weighted by molar-refractivity contribution is 0.206. The minimum Gasteiger partial charge on any atom is -0.392 e. The highest BCUT2D eigenvalue weighted by Crippen LogP contribution is 2.21. The van der Waals surface area contributed by atoms with Gasteiger partial charge in [-0.1, -0.05) is 0 Å². The van der Waals surface area contributed by atoms with Crippen molar-refractivity contribution in [3.63, 3.8) is 0 Å². The first-order valence-electron chi connectivity index (χ1n) is 5.38. The van der Waals surface area contributed by atoms with Gasteiger partial charge >= 0.3 is 0 Å². The molecule has 0 amide bonds. The van der Waals surface area contributed by atoms with Crippen LogP contribution in [0.15, 0.2) is 6.07 Å². The lowest BCUT2D eigenvalue weighted by atomic mass is 10.1. The molecule has 4 nitrogen and oxygen atoms in total. The number of aliphatic hydroxyl groups excluding tert-OH is 1. The highest BCUT2D eigenvalue weighted by Gasteiger charge is 2.11. The molecule has 1 N–H and O–H groups in total. The van der Waals surface area contributed by atoms with Gasteiger partial charge in [-0.25, -0.2) is 4.98 Å². The van der Waals surface area contributed by atoms with Crippen LogP contribution in [-0.2, 0) is 11.3 Å². The predicted molar refractivity (Wildman–Crippen MR) is 64.8 cm³/mol. The van der Waals surface area contributed by atoms with Crippen molar-refractivity contribution in [3.8, 4) is 0 Å². The Balaban J connectivity index is 3.00. The molecule has 0 radical (unpaired) electrons. The summed E-state index contributed by atoms with van der Waals surface area (Å²) in [4.78, 5) is 6.48. The van der Waals surface area contributed by atoms with Crippen molar-refractivity contribution in [2.45, 2.75) is 20.5 Å². The third kappa shape index (κ3) is 2.93. The fraction of sp³-hybridized carbons (Fsp3) is 0.583. The van der Waals surface area contributed by atoms with Crippen molar-refractivity contribution in [2.24, 2.45) is 0 Å². The Morgan fingerprint density at radius 1 is 1.44 bits per heavy atom. The molecular formula is C12H20N2O2. The maximum absolute atomic E-state index is 9.37. The van der Waals surface area contributed by atoms with Gasteiger partial charge in [-0.2, -0.15) is 0 Å². The molecule has 0 saturated heterocycles. The van der Waals surface area contributed by atoms with Crippen LogP contribution < -0.4 is 4.90 Å². The normalized spacial score (nSPS) is 10.6. The van der Waals surface area contributed by atoms with E-state index >= 15 is 0 Å². The number of ether oxygens (including phenoxy) is 1. The number of aryl methyl sites for hydroxylation is 2. The second kappa shape index (κ2) is 5.82. The highest BCUT2D eigenvalue weighted by atomic mass is 16.5. The van der Waals surface area contributed by atoms with E-state index in [0.717, 1.165) is 29.2 Å². The van der Waals surface area contributed by atoms with E-state index in [4.69, 9.17) is 4.74 Å². The number of rotatable bonds is 5. The summed E-state index contributed by atoms with van der Waals surface area (Å²) in [6.45, 7) is 5.39. The van der Waals surface area contributed by atoms with Gasteiger partial charge in [0, 0.05) is 32.0 Å². The summed E-state index contributed by atoms with van der Waals surface area (Å²) in [6, 6.07) is 1.99. The van der Waals surface area contributed by atoms with E-state index in [2.05, 4.69) is 4.98 Å². The zero-order chi connectivity index (χ0) is 12.1. The molecule has 4 heteroatoms. The molecule has 1 aromatic heterocycles. The molecule has 0 atom stereocenters. The molecule has 0 aliphatic heterocycles. The first-order valence-corrected chi connectivity index (χ1v) is 5.38. The van der Waals surface area contributed by atoms with Crippen molar-refractivity contribution in [1.82, 2.24) is 4.98 Å². The minimum absolute atomic E-state index is 0.0196. The molecule has 0 aliphatic carbocycles. The van der Waals surface area contributed by atoms with E-state index < -0.39 is 0 Å². The summed E-state index contributed by atoms with van der Waals surface area (Å²) in [5, 5.41) is 9.37. The molecule has 0 fully saturated rings. The first kappa shape index (κ1) is 12.9. The number of aromatic nitrogens is 1. The van der Waals surface area contributed by atoms with Crippen molar-refractivity contribution < 1.29 is 9.84 Å². The van der Waals surface area contributed by atoms with Gasteiger partial charge in [0.15, 0.2) is 0 Å². The van der Waals surface area contributed by atoms with Gasteiger partial charge in [-0.15, -0.1) is 0 Å². The summed E-state index contributed by atoms with van der Waals surface area (Å²) in [5.74, 6) is 0.844. The zero-order valence-electron chi connectivity index (χ0n) is 10.4. The summed E-state index contributed by atoms with van der Waals surface area (Å²) < 4.78 is 5.04. The van der Waals surface area contributed by atoms with Crippen molar-refractivity contribution in [2.75, 3.05) is 32.2 Å². The SMILES string of the molecule is COCCN(C)c1nc(C)cc(C)c1CO. The van der Waals surface area contributed by atoms with Gasteiger partial charge in [0.05, 0.1) is 13.2 Å². The molecule has 16 heavy (non-hydrogen) atoms. The Labute approximate surface area is 96.9 Å². The fourth-order valence-corrected chi connectivity index (χ4v) is 1.69. The van der Waals surface area contributed by atoms with Gasteiger partial charge in [0.1, 0.15) is 5.82 Å². The third-order valence-electron chi connectivity index (χ3n) is 2.60. The molecule has 0 spiro atoms. The zero-order valence-corrected chi connectivity index (χ0v) is 10.4. The van der Waals surface area contributed by atoms with Crippen LogP contribution >= 0.6 is 0 Å². The number of anilines is 1. The third-order valence-corrected chi connectivity index (χ3v) is 2.60. The number of hydrogen-bond donors (Lipinski definition) is 1. The monoisotopic (exact) mass is 224 g/mol. The van der Waals surface area contributed by atoms with E-state index in [0.29, 0.717) is 6.61 Å². The number of methoxy groups -OCH3 is 1. The second-order valence-corrected chi connectivity index (χ2v) is 3.96. The van der Waals surface area contributed by atoms with E-state index in [1.165, 1.54) is 0 Å². The Morgan fingerprint density at radius 2 is 2.12 bits per heavy atom. The summed E-state index contributed by atoms with van der Waals surface area (Å²) in [5.41, 5.74) is 2.94. The molecule has 0 aromatic carbocycles. The fourth-order valence-electron chi connectivity index (χ4n) is 1.69. The summed E-state index contributed by atoms with van der Waals surface area (Å²) in [6.07, 6.45) is 0. The Bertz CT molecular complexity index is 353. The Kier molecular flexibility index (Phi) is 4.71. The van der Waals surface area contributed by atoms with Crippen LogP contribution in [0.4, 0.5) is 5.82 Å². The lowest BCUT2D eigenvalue weighted by Gasteiger charge is -2.22. The molecule has 0 aliphatic rings. The van der Waals surface area contributed by atoms with Gasteiger partial charge in [-0.3, -0.25) is 0 Å². The van der Waals surface area contributed by atoms with Gasteiger partial charge in [0.25, 0.3) is 0 Å². The topological polar surface area (TPSA) is 45.6 Å². The van der Waals surface area contributed by atoms with Crippen molar-refractivity contribution in [1.29, 1.82) is 0 Å². The number of aliphatic hydroxyl groups is 1. The average Bonchev–Trinajstić information content (AvgIpc) is 2.24. The van der Waals surface area contributed by atoms with E-state index in [9.17, 15) is 5.11 Å². The lowest BCUT2D eigenvalue weighted by Crippen LogP contribution is -2.25. The van der Waals surface area contributed by atoms with Crippen LogP contribution in [0.5, 0.6) is 0 Å². The summed E-state index contributed by atoms with van der Waals surface area (Å²) in [7, 11) is 3.63. The van der Waals surface area contributed by atoms with Crippen LogP contribution in [-0.4, -0.2) is 37.4 Å². The molecule has 0 bridgehead atoms. The molecule has 90 valence electrons. The molecule has 1 heterocycles. The van der Waals surface area contributed by atoms with E-state index in [1.807, 2.05) is 31.9 Å². The number of hydrogen-bond acceptors (Lipinski definition) is 4. The maximum atomic E-state index is 9.37. The van der Waals surface area contributed by atoms with Crippen LogP contribution in [0.3, 0.4) is 0 Å². The van der Waals surface area contributed by atoms with Gasteiger partial charge in [0.2, 0.25) is 0 Å². The molecule has 1 rings (SSSR count). The minimum atomic E-state index is 0.0196. The Morgan fingerprint density at radius 3 is 2.69 bits per heavy atom. The number of likely N-dealkylation sites (N-methyl/N-ethyl adjacent to an activating group) is 1. The quantitative estimate of drug-likeness (QED) is 0.818. The number of pyridine rings is 1. The van der Waals surface area contributed by atoms with Crippen LogP contribution in [0, 0.1) is 13.8 Å². The van der Waals surface area contributed by atoms with E-state index in [1.54, 1.807) is 7.11 Å². The largest absolute Gasteiger partial charge is 0.392 e. The standard InChI is InChI=1S/C12H20N2O2/c1-9-7-10(2)13-12(11(9)8-15)14(3)5-6-16-4/h7,15H,5-6,8H2,1-4H3. The highest BCUT2D eigenvalue weighted by molar-refractivity contribution is 5.50. The second-order valence-electron chi connectivity index (χ2n) is 3.96. The van der Waals surface area contributed by atoms with E-state index in [-0.39, 0.29) is 6.61 Å². The van der Waals surface area contributed by atoms with Gasteiger partial charge in [-0.05, 0) is 25.5 Å². The van der Waals surface area contributed by atoms with Crippen LogP contribution in [0.25, 0.3) is 0 Å². The average molecular weight is 224 g/mol. The van der Waals surface area contributed by atoms with Gasteiger partial charge < -0.3 is 14.7 Å². The smallest absolute Gasteiger partial charge is 0.134 e. The maximum Gasteiger partial charge on any atom is 0.134 e. The molecule has 0 unspecified atom stereocenters. The van der Waals surface area contributed by atoms with Crippen LogP contribution in [0.1, 0.15) is 16.8 Å². The Hall–Kier alpha value is -1.13. The molecule has 0 saturated carbocycles. The van der Waals surface area contributed by atoms with Crippen LogP contribution in [0.2, 0.25) is 0 Å². The molecular weight excluding hydrogens is 204 g/mol. The molecule has 1 aromatic rings. The van der Waals surface area contributed by atoms with Crippen molar-refractivity contribution in [3.05, 3.63) is 22.9 Å². The summed E-state index contributed by atoms with van der Waals surface area (Å²) >= 11 is 0. The first-order chi connectivity index (χ1) is 7.60. The predicted octanol–water partition coefficient (Wildman–Crippen LogP) is 1.27.